The molecule has 112 valence electrons. The lowest BCUT2D eigenvalue weighted by atomic mass is 9.93. The highest BCUT2D eigenvalue weighted by Gasteiger charge is 2.26. The molecule has 0 aliphatic heterocycles. The predicted molar refractivity (Wildman–Crippen MR) is 80.2 cm³/mol. The third-order valence-corrected chi connectivity index (χ3v) is 3.75. The second-order valence-corrected chi connectivity index (χ2v) is 6.35. The maximum Gasteiger partial charge on any atom is 0.152 e. The first kappa shape index (κ1) is 18.3. The molecule has 0 radical (unpaired) electrons. The average Bonchev–Trinajstić information content (AvgIpc) is 2.32. The number of rotatable bonds is 9. The van der Waals surface area contributed by atoms with Crippen molar-refractivity contribution in [2.24, 2.45) is 11.8 Å². The van der Waals surface area contributed by atoms with Gasteiger partial charge in [-0.1, -0.05) is 27.7 Å². The van der Waals surface area contributed by atoms with Crippen molar-refractivity contribution < 1.29 is 9.59 Å². The smallest absolute Gasteiger partial charge is 0.152 e. The molecule has 0 heterocycles. The van der Waals surface area contributed by atoms with Crippen LogP contribution in [0.5, 0.6) is 0 Å². The van der Waals surface area contributed by atoms with Crippen molar-refractivity contribution in [3.05, 3.63) is 0 Å². The van der Waals surface area contributed by atoms with E-state index in [0.29, 0.717) is 18.2 Å². The number of ketones is 2. The summed E-state index contributed by atoms with van der Waals surface area (Å²) in [5.41, 5.74) is 0. The van der Waals surface area contributed by atoms with Crippen LogP contribution >= 0.6 is 0 Å². The van der Waals surface area contributed by atoms with Gasteiger partial charge in [0, 0.05) is 24.3 Å². The Labute approximate surface area is 118 Å². The lowest BCUT2D eigenvalue weighted by molar-refractivity contribution is -0.128. The van der Waals surface area contributed by atoms with Gasteiger partial charge < -0.3 is 0 Å². The molecule has 0 spiro atoms. The van der Waals surface area contributed by atoms with Gasteiger partial charge in [0.25, 0.3) is 0 Å². The van der Waals surface area contributed by atoms with Gasteiger partial charge in [0.1, 0.15) is 5.78 Å². The van der Waals surface area contributed by atoms with Gasteiger partial charge in [0.2, 0.25) is 0 Å². The van der Waals surface area contributed by atoms with Crippen molar-refractivity contribution in [1.29, 1.82) is 0 Å². The van der Waals surface area contributed by atoms with Crippen molar-refractivity contribution in [2.75, 3.05) is 7.05 Å². The quantitative estimate of drug-likeness (QED) is 0.644. The van der Waals surface area contributed by atoms with Crippen molar-refractivity contribution in [3.8, 4) is 0 Å². The Balaban J connectivity index is 4.52. The Morgan fingerprint density at radius 2 is 1.47 bits per heavy atom. The third-order valence-electron chi connectivity index (χ3n) is 3.75. The number of carbonyl (C=O) groups excluding carboxylic acids is 2. The molecule has 0 rings (SSSR count). The molecule has 0 unspecified atom stereocenters. The van der Waals surface area contributed by atoms with Crippen LogP contribution in [-0.4, -0.2) is 35.6 Å². The minimum atomic E-state index is -0.0556. The van der Waals surface area contributed by atoms with Gasteiger partial charge >= 0.3 is 0 Å². The van der Waals surface area contributed by atoms with E-state index in [4.69, 9.17) is 0 Å². The summed E-state index contributed by atoms with van der Waals surface area (Å²) >= 11 is 0. The number of hydrogen-bond acceptors (Lipinski definition) is 3. The van der Waals surface area contributed by atoms with E-state index in [1.165, 1.54) is 0 Å². The molecule has 0 bridgehead atoms. The monoisotopic (exact) mass is 269 g/mol. The van der Waals surface area contributed by atoms with E-state index >= 15 is 0 Å². The normalized spacial score (nSPS) is 13.6. The van der Waals surface area contributed by atoms with Gasteiger partial charge in [-0.05, 0) is 33.7 Å². The molecule has 3 nitrogen and oxygen atoms in total. The number of Topliss-reactive ketones (excluding diaryl/α,β-unsaturated/α-hetero) is 2. The van der Waals surface area contributed by atoms with Crippen molar-refractivity contribution in [1.82, 2.24) is 4.90 Å². The Kier molecular flexibility index (Phi) is 8.15. The Bertz CT molecular complexity index is 295. The molecule has 0 amide bonds. The van der Waals surface area contributed by atoms with Crippen molar-refractivity contribution in [2.45, 2.75) is 72.9 Å². The van der Waals surface area contributed by atoms with Crippen LogP contribution in [0.2, 0.25) is 0 Å². The van der Waals surface area contributed by atoms with Crippen molar-refractivity contribution in [3.63, 3.8) is 0 Å². The molecule has 0 N–H and O–H groups in total. The molecule has 3 heteroatoms. The van der Waals surface area contributed by atoms with Crippen LogP contribution in [0.25, 0.3) is 0 Å². The molecule has 0 aliphatic rings. The molecule has 0 aromatic rings. The van der Waals surface area contributed by atoms with Crippen LogP contribution in [0, 0.1) is 11.8 Å². The predicted octanol–water partition coefficient (Wildman–Crippen LogP) is 3.32. The third kappa shape index (κ3) is 6.33. The van der Waals surface area contributed by atoms with Gasteiger partial charge in [-0.15, -0.1) is 0 Å². The van der Waals surface area contributed by atoms with Crippen LogP contribution in [0.1, 0.15) is 60.8 Å². The Morgan fingerprint density at radius 3 is 1.84 bits per heavy atom. The minimum Gasteiger partial charge on any atom is -0.299 e. The summed E-state index contributed by atoms with van der Waals surface area (Å²) in [4.78, 5) is 26.0. The van der Waals surface area contributed by atoms with E-state index in [9.17, 15) is 9.59 Å². The topological polar surface area (TPSA) is 37.4 Å². The van der Waals surface area contributed by atoms with E-state index in [1.54, 1.807) is 0 Å². The summed E-state index contributed by atoms with van der Waals surface area (Å²) in [6.07, 6.45) is 2.17. The highest BCUT2D eigenvalue weighted by molar-refractivity contribution is 5.86. The summed E-state index contributed by atoms with van der Waals surface area (Å²) in [5, 5.41) is 0. The van der Waals surface area contributed by atoms with Crippen LogP contribution in [0.4, 0.5) is 0 Å². The van der Waals surface area contributed by atoms with Gasteiger partial charge in [-0.3, -0.25) is 14.5 Å². The SMILES string of the molecule is CC(C)C(=O)CCC[C@H](C(=O)C(C)C)N(C)C(C)C. The van der Waals surface area contributed by atoms with E-state index in [2.05, 4.69) is 18.7 Å². The van der Waals surface area contributed by atoms with Crippen LogP contribution in [-0.2, 0) is 9.59 Å². The van der Waals surface area contributed by atoms with E-state index in [1.807, 2.05) is 34.7 Å². The Hall–Kier alpha value is -0.700. The zero-order valence-corrected chi connectivity index (χ0v) is 13.7. The molecule has 0 aromatic carbocycles. The van der Waals surface area contributed by atoms with Gasteiger partial charge in [-0.2, -0.15) is 0 Å². The summed E-state index contributed by atoms with van der Waals surface area (Å²) in [7, 11) is 2.00. The fraction of sp³-hybridized carbons (Fsp3) is 0.875. The molecule has 1 atom stereocenters. The lowest BCUT2D eigenvalue weighted by Gasteiger charge is -2.31. The van der Waals surface area contributed by atoms with Crippen LogP contribution < -0.4 is 0 Å². The summed E-state index contributed by atoms with van der Waals surface area (Å²) < 4.78 is 0. The van der Waals surface area contributed by atoms with E-state index < -0.39 is 0 Å². The van der Waals surface area contributed by atoms with E-state index in [-0.39, 0.29) is 23.7 Å². The first-order valence-electron chi connectivity index (χ1n) is 7.46. The maximum absolute atomic E-state index is 12.3. The molecule has 0 saturated heterocycles. The van der Waals surface area contributed by atoms with Crippen LogP contribution in [0.3, 0.4) is 0 Å². The highest BCUT2D eigenvalue weighted by Crippen LogP contribution is 2.16. The Morgan fingerprint density at radius 1 is 0.947 bits per heavy atom. The summed E-state index contributed by atoms with van der Waals surface area (Å²) in [6, 6.07) is 0.286. The minimum absolute atomic E-state index is 0.0481. The standard InChI is InChI=1S/C16H31NO2/c1-11(2)15(18)10-8-9-14(16(19)12(3)4)17(7)13(5)6/h11-14H,8-10H2,1-7H3/t14-/m1/s1. The van der Waals surface area contributed by atoms with Crippen molar-refractivity contribution >= 4 is 11.6 Å². The first-order valence-corrected chi connectivity index (χ1v) is 7.46. The van der Waals surface area contributed by atoms with Gasteiger partial charge in [0.05, 0.1) is 6.04 Å². The second-order valence-electron chi connectivity index (χ2n) is 6.35. The summed E-state index contributed by atoms with van der Waals surface area (Å²) in [6.45, 7) is 11.9. The fourth-order valence-electron chi connectivity index (χ4n) is 2.05. The van der Waals surface area contributed by atoms with Gasteiger partial charge in [0.15, 0.2) is 5.78 Å². The highest BCUT2D eigenvalue weighted by atomic mass is 16.1. The largest absolute Gasteiger partial charge is 0.299 e. The number of hydrogen-bond donors (Lipinski definition) is 0. The molecular formula is C16H31NO2. The molecule has 0 aliphatic carbocycles. The number of carbonyl (C=O) groups is 2. The fourth-order valence-corrected chi connectivity index (χ4v) is 2.05. The molecule has 0 fully saturated rings. The first-order chi connectivity index (χ1) is 8.68. The second kappa shape index (κ2) is 8.47. The average molecular weight is 269 g/mol. The van der Waals surface area contributed by atoms with Crippen LogP contribution in [0.15, 0.2) is 0 Å². The van der Waals surface area contributed by atoms with E-state index in [0.717, 1.165) is 12.8 Å². The molecule has 0 aromatic heterocycles. The van der Waals surface area contributed by atoms with Gasteiger partial charge in [-0.25, -0.2) is 0 Å². The molecular weight excluding hydrogens is 238 g/mol. The molecule has 0 saturated carbocycles. The maximum atomic E-state index is 12.3. The number of nitrogens with zero attached hydrogens (tertiary/aromatic N) is 1. The summed E-state index contributed by atoms with van der Waals surface area (Å²) in [5.74, 6) is 0.727. The zero-order valence-electron chi connectivity index (χ0n) is 13.7. The molecule has 19 heavy (non-hydrogen) atoms. The number of likely N-dealkylation sites (N-methyl/N-ethyl adjacent to an activating group) is 1. The zero-order chi connectivity index (χ0) is 15.2. The lowest BCUT2D eigenvalue weighted by Crippen LogP contribution is -2.44.